The average molecular weight is 800 g/mol. The van der Waals surface area contributed by atoms with E-state index in [0.29, 0.717) is 39.8 Å². The summed E-state index contributed by atoms with van der Waals surface area (Å²) in [5, 5.41) is 32.1. The zero-order valence-electron chi connectivity index (χ0n) is 34.8. The van der Waals surface area contributed by atoms with E-state index in [1.807, 2.05) is 60.7 Å². The van der Waals surface area contributed by atoms with Crippen molar-refractivity contribution in [1.82, 2.24) is 15.0 Å². The fourth-order valence-electron chi connectivity index (χ4n) is 11.4. The molecule has 0 spiro atoms. The molecule has 310 valence electrons. The molecule has 59 heavy (non-hydrogen) atoms. The third-order valence-corrected chi connectivity index (χ3v) is 14.3. The highest BCUT2D eigenvalue weighted by molar-refractivity contribution is 5.93. The normalized spacial score (nSPS) is 27.6. The van der Waals surface area contributed by atoms with Crippen molar-refractivity contribution in [3.05, 3.63) is 102 Å². The van der Waals surface area contributed by atoms with E-state index in [4.69, 9.17) is 0 Å². The van der Waals surface area contributed by atoms with E-state index in [-0.39, 0.29) is 37.0 Å². The van der Waals surface area contributed by atoms with E-state index in [0.717, 1.165) is 102 Å². The summed E-state index contributed by atoms with van der Waals surface area (Å²) in [5.74, 6) is 2.38. The number of amides is 2. The standard InChI is InChI=1S/C48H59N7O4/c1-4-12-33-25-41(47(58)37-19-22-49-39-15-9-7-13-35(37)39)54(27-31(33)5-2)28-45(56)52-43-17-11-18-44(51-43)53-46(57)30-55-24-21-34(32(6-3)29-55)26-42(55)48(59)38-20-23-50-40-16-10-8-14-36(38)40/h7-11,13-20,22-23,31-34,41-42,47-48,58-59H,4-6,12,21,24-30H2,1-3H3,(H-,51,52,53,56,57)/p+2. The zero-order valence-corrected chi connectivity index (χ0v) is 34.8. The number of piperidine rings is 4. The fourth-order valence-corrected chi connectivity index (χ4v) is 11.4. The minimum absolute atomic E-state index is 0.117. The molecule has 0 aliphatic carbocycles. The fraction of sp³-hybridized carbons (Fsp3) is 0.479. The second kappa shape index (κ2) is 17.8. The van der Waals surface area contributed by atoms with Gasteiger partial charge in [-0.05, 0) is 78.6 Å². The van der Waals surface area contributed by atoms with E-state index in [9.17, 15) is 19.8 Å². The Morgan fingerprint density at radius 1 is 0.763 bits per heavy atom. The van der Waals surface area contributed by atoms with Crippen molar-refractivity contribution < 1.29 is 29.2 Å². The van der Waals surface area contributed by atoms with Gasteiger partial charge < -0.3 is 30.2 Å². The SMILES string of the molecule is CCCC1CC(C(O)c2ccnc3ccccc23)[NH+](CC(=O)Nc2cccc(NC(=O)C[N+]34CCC(CC3C(O)c3ccnc5ccccc35)C(CC)C4)n2)CC1CC. The first kappa shape index (κ1) is 40.9. The third kappa shape index (κ3) is 8.48. The number of hydrogen-bond donors (Lipinski definition) is 5. The molecule has 2 aromatic carbocycles. The number of carbonyl (C=O) groups excluding carboxylic acids is 2. The molecular weight excluding hydrogens is 739 g/mol. The summed E-state index contributed by atoms with van der Waals surface area (Å²) in [7, 11) is 0. The number of benzene rings is 2. The number of likely N-dealkylation sites (tertiary alicyclic amines) is 1. The van der Waals surface area contributed by atoms with Crippen LogP contribution < -0.4 is 15.5 Å². The Labute approximate surface area is 347 Å². The summed E-state index contributed by atoms with van der Waals surface area (Å²) in [6, 6.07) is 24.7. The van der Waals surface area contributed by atoms with Crippen molar-refractivity contribution >= 4 is 45.3 Å². The Morgan fingerprint density at radius 3 is 2.03 bits per heavy atom. The Morgan fingerprint density at radius 2 is 1.39 bits per heavy atom. The molecule has 0 saturated carbocycles. The molecule has 11 nitrogen and oxygen atoms in total. The summed E-state index contributed by atoms with van der Waals surface area (Å²) in [6.07, 6.45) is 9.06. The Bertz CT molecular complexity index is 2260. The molecule has 4 fully saturated rings. The summed E-state index contributed by atoms with van der Waals surface area (Å²) < 4.78 is 0.536. The number of aliphatic hydroxyl groups excluding tert-OH is 2. The second-order valence-corrected chi connectivity index (χ2v) is 17.6. The molecule has 11 heteroatoms. The van der Waals surface area contributed by atoms with Gasteiger partial charge in [0.15, 0.2) is 13.1 Å². The van der Waals surface area contributed by atoms with E-state index < -0.39 is 12.2 Å². The van der Waals surface area contributed by atoms with Gasteiger partial charge in [0, 0.05) is 54.3 Å². The van der Waals surface area contributed by atoms with Gasteiger partial charge in [-0.3, -0.25) is 19.6 Å². The molecule has 3 aromatic heterocycles. The number of hydrogen-bond acceptors (Lipinski definition) is 7. The summed E-state index contributed by atoms with van der Waals surface area (Å²) in [4.78, 5) is 42.7. The first-order valence-electron chi connectivity index (χ1n) is 22.0. The average Bonchev–Trinajstić information content (AvgIpc) is 3.25. The lowest BCUT2D eigenvalue weighted by Gasteiger charge is -2.58. The number of nitrogens with one attached hydrogen (secondary N) is 3. The van der Waals surface area contributed by atoms with Crippen molar-refractivity contribution in [1.29, 1.82) is 0 Å². The Kier molecular flexibility index (Phi) is 12.4. The highest BCUT2D eigenvalue weighted by Crippen LogP contribution is 2.47. The number of nitrogens with zero attached hydrogens (tertiary/aromatic N) is 4. The lowest BCUT2D eigenvalue weighted by Crippen LogP contribution is -3.19. The predicted molar refractivity (Wildman–Crippen MR) is 231 cm³/mol. The highest BCUT2D eigenvalue weighted by Gasteiger charge is 2.55. The van der Waals surface area contributed by atoms with Gasteiger partial charge in [-0.2, -0.15) is 0 Å². The van der Waals surface area contributed by atoms with Crippen LogP contribution in [0, 0.1) is 23.7 Å². The zero-order chi connectivity index (χ0) is 41.1. The van der Waals surface area contributed by atoms with Gasteiger partial charge in [0.2, 0.25) is 0 Å². The van der Waals surface area contributed by atoms with Gasteiger partial charge >= 0.3 is 0 Å². The van der Waals surface area contributed by atoms with Crippen LogP contribution in [0.3, 0.4) is 0 Å². The molecule has 2 amide bonds. The number of aliphatic hydroxyl groups is 2. The van der Waals surface area contributed by atoms with Crippen LogP contribution in [-0.4, -0.2) is 86.3 Å². The monoisotopic (exact) mass is 799 g/mol. The van der Waals surface area contributed by atoms with Gasteiger partial charge in [0.05, 0.1) is 30.7 Å². The predicted octanol–water partition coefficient (Wildman–Crippen LogP) is 6.26. The van der Waals surface area contributed by atoms with Crippen LogP contribution in [0.1, 0.15) is 89.1 Å². The van der Waals surface area contributed by atoms with Crippen LogP contribution in [0.15, 0.2) is 91.3 Å². The van der Waals surface area contributed by atoms with Gasteiger partial charge in [-0.25, -0.2) is 4.98 Å². The molecule has 0 radical (unpaired) electrons. The highest BCUT2D eigenvalue weighted by atomic mass is 16.3. The molecule has 4 aliphatic heterocycles. The van der Waals surface area contributed by atoms with Gasteiger partial charge in [-0.1, -0.05) is 69.7 Å². The van der Waals surface area contributed by atoms with Crippen molar-refractivity contribution in [3.8, 4) is 0 Å². The van der Waals surface area contributed by atoms with Gasteiger partial charge in [0.25, 0.3) is 11.8 Å². The lowest BCUT2D eigenvalue weighted by atomic mass is 9.70. The van der Waals surface area contributed by atoms with Gasteiger partial charge in [-0.15, -0.1) is 0 Å². The molecule has 10 atom stereocenters. The number of fused-ring (bicyclic) bond motifs is 5. The van der Waals surface area contributed by atoms with E-state index in [1.54, 1.807) is 30.6 Å². The number of quaternary nitrogens is 2. The maximum atomic E-state index is 14.0. The first-order chi connectivity index (χ1) is 28.7. The van der Waals surface area contributed by atoms with E-state index in [2.05, 4.69) is 46.4 Å². The largest absolute Gasteiger partial charge is 0.382 e. The molecule has 9 rings (SSSR count). The molecule has 2 bridgehead atoms. The van der Waals surface area contributed by atoms with Crippen LogP contribution in [0.5, 0.6) is 0 Å². The smallest absolute Gasteiger partial charge is 0.280 e. The summed E-state index contributed by atoms with van der Waals surface area (Å²) >= 11 is 0. The van der Waals surface area contributed by atoms with Crippen molar-refractivity contribution in [2.24, 2.45) is 23.7 Å². The molecule has 5 N–H and O–H groups in total. The van der Waals surface area contributed by atoms with Crippen molar-refractivity contribution in [2.75, 3.05) is 43.4 Å². The number of anilines is 2. The van der Waals surface area contributed by atoms with Crippen LogP contribution >= 0.6 is 0 Å². The van der Waals surface area contributed by atoms with E-state index in [1.165, 1.54) is 0 Å². The number of rotatable bonds is 14. The van der Waals surface area contributed by atoms with Crippen molar-refractivity contribution in [3.63, 3.8) is 0 Å². The molecule has 10 unspecified atom stereocenters. The summed E-state index contributed by atoms with van der Waals surface area (Å²) in [6.45, 7) is 9.60. The maximum absolute atomic E-state index is 14.0. The second-order valence-electron chi connectivity index (χ2n) is 17.6. The molecule has 7 heterocycles. The number of aromatic nitrogens is 3. The Balaban J connectivity index is 0.966. The molecule has 4 aliphatic rings. The van der Waals surface area contributed by atoms with E-state index >= 15 is 0 Å². The van der Waals surface area contributed by atoms with Crippen LogP contribution in [0.4, 0.5) is 11.6 Å². The van der Waals surface area contributed by atoms with Crippen LogP contribution in [0.25, 0.3) is 21.8 Å². The van der Waals surface area contributed by atoms with Gasteiger partial charge in [0.1, 0.15) is 35.9 Å². The topological polar surface area (TPSA) is 142 Å². The minimum Gasteiger partial charge on any atom is -0.382 e. The molecular formula is C48H61N7O4+2. The number of carbonyl (C=O) groups is 2. The molecule has 4 saturated heterocycles. The Hall–Kier alpha value is -4.81. The lowest BCUT2D eigenvalue weighted by molar-refractivity contribution is -0.967. The quantitative estimate of drug-likeness (QED) is 0.0836. The third-order valence-electron chi connectivity index (χ3n) is 14.3. The van der Waals surface area contributed by atoms with Crippen LogP contribution in [0.2, 0.25) is 0 Å². The maximum Gasteiger partial charge on any atom is 0.280 e. The number of para-hydroxylation sites is 2. The molecule has 5 aromatic rings. The summed E-state index contributed by atoms with van der Waals surface area (Å²) in [5.41, 5.74) is 3.42. The van der Waals surface area contributed by atoms with Crippen molar-refractivity contribution in [2.45, 2.75) is 90.0 Å². The van der Waals surface area contributed by atoms with Crippen LogP contribution in [-0.2, 0) is 9.59 Å². The minimum atomic E-state index is -0.756. The first-order valence-corrected chi connectivity index (χ1v) is 22.0. The number of pyridine rings is 3.